The molecule has 2 saturated carbocycles. The van der Waals surface area contributed by atoms with Crippen molar-refractivity contribution in [3.05, 3.63) is 60.2 Å². The van der Waals surface area contributed by atoms with Gasteiger partial charge in [0, 0.05) is 6.07 Å². The highest BCUT2D eigenvalue weighted by Crippen LogP contribution is 2.65. The molecule has 7 rings (SSSR count). The third-order valence-electron chi connectivity index (χ3n) is 7.71. The Kier molecular flexibility index (Phi) is 4.37. The van der Waals surface area contributed by atoms with Crippen molar-refractivity contribution in [2.45, 2.75) is 6.42 Å². The van der Waals surface area contributed by atoms with Gasteiger partial charge in [0.1, 0.15) is 11.5 Å². The lowest BCUT2D eigenvalue weighted by Gasteiger charge is -2.37. The molecule has 2 aromatic rings. The van der Waals surface area contributed by atoms with Gasteiger partial charge < -0.3 is 14.8 Å². The van der Waals surface area contributed by atoms with Crippen molar-refractivity contribution in [3.63, 3.8) is 0 Å². The van der Waals surface area contributed by atoms with Crippen LogP contribution >= 0.6 is 0 Å². The lowest BCUT2D eigenvalue weighted by Crippen LogP contribution is -2.40. The van der Waals surface area contributed by atoms with Gasteiger partial charge in [-0.15, -0.1) is 0 Å². The molecule has 0 spiro atoms. The topological polar surface area (TPSA) is 84.9 Å². The summed E-state index contributed by atoms with van der Waals surface area (Å²) in [5.41, 5.74) is 1.06. The van der Waals surface area contributed by atoms with Crippen molar-refractivity contribution in [2.75, 3.05) is 24.4 Å². The molecular formula is C26H24N2O5. The van der Waals surface area contributed by atoms with Crippen LogP contribution in [0.3, 0.4) is 0 Å². The summed E-state index contributed by atoms with van der Waals surface area (Å²) in [5, 5.41) is 2.85. The molecule has 1 aliphatic heterocycles. The average molecular weight is 444 g/mol. The largest absolute Gasteiger partial charge is 0.497 e. The van der Waals surface area contributed by atoms with Gasteiger partial charge in [-0.3, -0.25) is 14.4 Å². The summed E-state index contributed by atoms with van der Waals surface area (Å²) in [6.45, 7) is 0. The minimum Gasteiger partial charge on any atom is -0.497 e. The van der Waals surface area contributed by atoms with Crippen LogP contribution in [0.2, 0.25) is 0 Å². The second kappa shape index (κ2) is 7.20. The zero-order chi connectivity index (χ0) is 22.9. The van der Waals surface area contributed by atoms with E-state index in [0.717, 1.165) is 6.42 Å². The number of allylic oxidation sites excluding steroid dienone is 2. The van der Waals surface area contributed by atoms with E-state index in [2.05, 4.69) is 17.5 Å². The van der Waals surface area contributed by atoms with E-state index in [9.17, 15) is 14.4 Å². The van der Waals surface area contributed by atoms with Crippen molar-refractivity contribution in [3.8, 4) is 11.5 Å². The molecule has 1 N–H and O–H groups in total. The Balaban J connectivity index is 1.32. The number of hydrogen-bond acceptors (Lipinski definition) is 5. The molecular weight excluding hydrogens is 420 g/mol. The van der Waals surface area contributed by atoms with Crippen molar-refractivity contribution < 1.29 is 23.9 Å². The van der Waals surface area contributed by atoms with E-state index in [1.165, 1.54) is 12.0 Å². The first-order valence-corrected chi connectivity index (χ1v) is 11.2. The van der Waals surface area contributed by atoms with Gasteiger partial charge in [-0.2, -0.15) is 0 Å². The highest BCUT2D eigenvalue weighted by atomic mass is 16.5. The summed E-state index contributed by atoms with van der Waals surface area (Å²) in [5.74, 6) is 0.958. The van der Waals surface area contributed by atoms with Crippen LogP contribution in [-0.2, 0) is 9.59 Å². The zero-order valence-electron chi connectivity index (χ0n) is 18.4. The summed E-state index contributed by atoms with van der Waals surface area (Å²) in [6.07, 6.45) is 5.39. The van der Waals surface area contributed by atoms with Gasteiger partial charge in [-0.05, 0) is 54.4 Å². The number of rotatable bonds is 5. The van der Waals surface area contributed by atoms with Gasteiger partial charge in [0.15, 0.2) is 0 Å². The average Bonchev–Trinajstić information content (AvgIpc) is 3.62. The fourth-order valence-corrected chi connectivity index (χ4v) is 6.15. The smallest absolute Gasteiger partial charge is 0.257 e. The maximum atomic E-state index is 13.5. The molecule has 0 aromatic heterocycles. The van der Waals surface area contributed by atoms with Gasteiger partial charge >= 0.3 is 0 Å². The number of benzene rings is 2. The number of para-hydroxylation sites is 1. The number of nitrogens with zero attached hydrogens (tertiary/aromatic N) is 1. The van der Waals surface area contributed by atoms with Crippen molar-refractivity contribution >= 4 is 29.1 Å². The molecule has 2 bridgehead atoms. The van der Waals surface area contributed by atoms with Crippen LogP contribution in [0.4, 0.5) is 11.4 Å². The molecule has 168 valence electrons. The second-order valence-corrected chi connectivity index (χ2v) is 9.20. The Bertz CT molecular complexity index is 1180. The van der Waals surface area contributed by atoms with E-state index in [1.54, 1.807) is 49.6 Å². The lowest BCUT2D eigenvalue weighted by molar-refractivity contribution is -0.124. The number of hydrogen-bond donors (Lipinski definition) is 1. The zero-order valence-corrected chi connectivity index (χ0v) is 18.4. The van der Waals surface area contributed by atoms with Gasteiger partial charge in [-0.1, -0.05) is 24.3 Å². The molecule has 0 unspecified atom stereocenters. The van der Waals surface area contributed by atoms with Gasteiger partial charge in [0.2, 0.25) is 11.8 Å². The molecule has 1 heterocycles. The molecule has 2 aromatic carbocycles. The van der Waals surface area contributed by atoms with Crippen LogP contribution in [0.25, 0.3) is 0 Å². The molecule has 3 amide bonds. The van der Waals surface area contributed by atoms with Crippen molar-refractivity contribution in [1.29, 1.82) is 0 Å². The number of amides is 3. The summed E-state index contributed by atoms with van der Waals surface area (Å²) in [6, 6.07) is 11.9. The van der Waals surface area contributed by atoms with Gasteiger partial charge in [0.05, 0.1) is 43.0 Å². The Labute approximate surface area is 191 Å². The standard InChI is InChI=1S/C26H24N2O5/c1-32-13-7-10-19(21(11-13)33-2)27-24(29)16-5-3-4-6-20(16)28-25(30)22-14-8-9-15(18-12-17(14)18)23(22)26(28)31/h3-11,14-15,17-18,22-23H,12H2,1-2H3,(H,27,29)/t14-,15-,17-,18-,22-,23+/m0/s1. The summed E-state index contributed by atoms with van der Waals surface area (Å²) in [7, 11) is 3.06. The monoisotopic (exact) mass is 444 g/mol. The van der Waals surface area contributed by atoms with E-state index in [1.807, 2.05) is 0 Å². The number of anilines is 2. The van der Waals surface area contributed by atoms with E-state index < -0.39 is 5.91 Å². The third kappa shape index (κ3) is 2.84. The Hall–Kier alpha value is -3.61. The van der Waals surface area contributed by atoms with E-state index in [-0.39, 0.29) is 41.0 Å². The Morgan fingerprint density at radius 3 is 2.24 bits per heavy atom. The van der Waals surface area contributed by atoms with Gasteiger partial charge in [0.25, 0.3) is 5.91 Å². The molecule has 1 saturated heterocycles. The highest BCUT2D eigenvalue weighted by molar-refractivity contribution is 6.25. The first kappa shape index (κ1) is 20.0. The molecule has 5 aliphatic rings. The molecule has 0 radical (unpaired) electrons. The molecule has 33 heavy (non-hydrogen) atoms. The predicted octanol–water partition coefficient (Wildman–Crippen LogP) is 3.51. The van der Waals surface area contributed by atoms with E-state index in [0.29, 0.717) is 34.7 Å². The summed E-state index contributed by atoms with van der Waals surface area (Å²) in [4.78, 5) is 41.6. The quantitative estimate of drug-likeness (QED) is 0.564. The lowest BCUT2D eigenvalue weighted by atomic mass is 9.63. The number of imide groups is 1. The fourth-order valence-electron chi connectivity index (χ4n) is 6.15. The molecule has 3 fully saturated rings. The number of carbonyl (C=O) groups excluding carboxylic acids is 3. The maximum absolute atomic E-state index is 13.5. The van der Waals surface area contributed by atoms with Crippen molar-refractivity contribution in [1.82, 2.24) is 0 Å². The molecule has 6 atom stereocenters. The van der Waals surface area contributed by atoms with Crippen LogP contribution in [-0.4, -0.2) is 31.9 Å². The second-order valence-electron chi connectivity index (χ2n) is 9.20. The van der Waals surface area contributed by atoms with Crippen molar-refractivity contribution in [2.24, 2.45) is 35.5 Å². The maximum Gasteiger partial charge on any atom is 0.257 e. The Morgan fingerprint density at radius 1 is 0.939 bits per heavy atom. The Morgan fingerprint density at radius 2 is 1.61 bits per heavy atom. The minimum atomic E-state index is -0.423. The normalized spacial score (nSPS) is 30.7. The molecule has 7 heteroatoms. The number of nitrogens with one attached hydrogen (secondary N) is 1. The van der Waals surface area contributed by atoms with Crippen LogP contribution in [0, 0.1) is 35.5 Å². The molecule has 7 nitrogen and oxygen atoms in total. The van der Waals surface area contributed by atoms with Crippen LogP contribution in [0.15, 0.2) is 54.6 Å². The van der Waals surface area contributed by atoms with Crippen LogP contribution in [0.1, 0.15) is 16.8 Å². The molecule has 4 aliphatic carbocycles. The first-order chi connectivity index (χ1) is 16.0. The first-order valence-electron chi connectivity index (χ1n) is 11.2. The van der Waals surface area contributed by atoms with E-state index >= 15 is 0 Å². The minimum absolute atomic E-state index is 0.135. The number of carbonyl (C=O) groups is 3. The highest BCUT2D eigenvalue weighted by Gasteiger charge is 2.67. The van der Waals surface area contributed by atoms with Crippen LogP contribution < -0.4 is 19.7 Å². The van der Waals surface area contributed by atoms with Gasteiger partial charge in [-0.25, -0.2) is 4.90 Å². The number of methoxy groups -OCH3 is 2. The number of ether oxygens (including phenoxy) is 2. The fraction of sp³-hybridized carbons (Fsp3) is 0.346. The summed E-state index contributed by atoms with van der Waals surface area (Å²) >= 11 is 0. The third-order valence-corrected chi connectivity index (χ3v) is 7.71. The van der Waals surface area contributed by atoms with E-state index in [4.69, 9.17) is 9.47 Å². The summed E-state index contributed by atoms with van der Waals surface area (Å²) < 4.78 is 10.6. The predicted molar refractivity (Wildman–Crippen MR) is 121 cm³/mol. The SMILES string of the molecule is COc1ccc(NC(=O)c2ccccc2N2C(=O)[C@@H]3[C@H]4C=C[C@@H]([C@@H]5C[C@@H]45)[C@@H]3C2=O)c(OC)c1. The van der Waals surface area contributed by atoms with Crippen LogP contribution in [0.5, 0.6) is 11.5 Å².